The molecule has 0 unspecified atom stereocenters. The lowest BCUT2D eigenvalue weighted by atomic mass is 10.1. The molecule has 0 aromatic heterocycles. The molecule has 2 N–H and O–H groups in total. The SMILES string of the molecule is COc1ccccc1NC(=O)[C@@H](C)OC(=O)CCN1C(=O)NC(C)(C)C1=O. The van der Waals surface area contributed by atoms with E-state index in [0.717, 1.165) is 4.90 Å². The Morgan fingerprint density at radius 3 is 2.52 bits per heavy atom. The topological polar surface area (TPSA) is 114 Å². The van der Waals surface area contributed by atoms with Gasteiger partial charge in [-0.2, -0.15) is 0 Å². The van der Waals surface area contributed by atoms with Gasteiger partial charge in [-0.1, -0.05) is 12.1 Å². The van der Waals surface area contributed by atoms with Gasteiger partial charge in [-0.15, -0.1) is 0 Å². The summed E-state index contributed by atoms with van der Waals surface area (Å²) in [4.78, 5) is 49.0. The highest BCUT2D eigenvalue weighted by molar-refractivity contribution is 6.06. The molecule has 0 bridgehead atoms. The third-order valence-corrected chi connectivity index (χ3v) is 4.03. The smallest absolute Gasteiger partial charge is 0.325 e. The number of anilines is 1. The number of esters is 1. The molecule has 1 aliphatic rings. The fraction of sp³-hybridized carbons (Fsp3) is 0.444. The van der Waals surface area contributed by atoms with Crippen molar-refractivity contribution >= 4 is 29.5 Å². The van der Waals surface area contributed by atoms with Crippen LogP contribution in [0.15, 0.2) is 24.3 Å². The number of urea groups is 1. The number of methoxy groups -OCH3 is 1. The minimum absolute atomic E-state index is 0.117. The Morgan fingerprint density at radius 1 is 1.26 bits per heavy atom. The zero-order valence-electron chi connectivity index (χ0n) is 15.7. The Bertz CT molecular complexity index is 761. The number of nitrogens with zero attached hydrogens (tertiary/aromatic N) is 1. The second-order valence-electron chi connectivity index (χ2n) is 6.58. The Balaban J connectivity index is 1.85. The van der Waals surface area contributed by atoms with Crippen molar-refractivity contribution < 1.29 is 28.7 Å². The zero-order chi connectivity index (χ0) is 20.2. The first-order valence-electron chi connectivity index (χ1n) is 8.43. The summed E-state index contributed by atoms with van der Waals surface area (Å²) < 4.78 is 10.2. The summed E-state index contributed by atoms with van der Waals surface area (Å²) in [6, 6.07) is 6.28. The second-order valence-corrected chi connectivity index (χ2v) is 6.58. The summed E-state index contributed by atoms with van der Waals surface area (Å²) in [6.07, 6.45) is -1.26. The van der Waals surface area contributed by atoms with Gasteiger partial charge in [0.15, 0.2) is 6.10 Å². The van der Waals surface area contributed by atoms with Crippen LogP contribution in [0.5, 0.6) is 5.75 Å². The van der Waals surface area contributed by atoms with Gasteiger partial charge in [0, 0.05) is 6.54 Å². The second kappa shape index (κ2) is 8.07. The monoisotopic (exact) mass is 377 g/mol. The largest absolute Gasteiger partial charge is 0.495 e. The van der Waals surface area contributed by atoms with Gasteiger partial charge in [0.05, 0.1) is 19.2 Å². The predicted octanol–water partition coefficient (Wildman–Crippen LogP) is 1.29. The minimum Gasteiger partial charge on any atom is -0.495 e. The molecule has 9 heteroatoms. The van der Waals surface area contributed by atoms with Crippen molar-refractivity contribution in [3.05, 3.63) is 24.3 Å². The number of benzene rings is 1. The van der Waals surface area contributed by atoms with E-state index in [4.69, 9.17) is 9.47 Å². The van der Waals surface area contributed by atoms with E-state index in [1.165, 1.54) is 14.0 Å². The average molecular weight is 377 g/mol. The molecule has 0 aliphatic carbocycles. The summed E-state index contributed by atoms with van der Waals surface area (Å²) in [5, 5.41) is 5.14. The van der Waals surface area contributed by atoms with Crippen LogP contribution in [0, 0.1) is 0 Å². The molecule has 2 rings (SSSR count). The number of carbonyl (C=O) groups excluding carboxylic acids is 4. The van der Waals surface area contributed by atoms with Gasteiger partial charge in [0.25, 0.3) is 11.8 Å². The molecule has 146 valence electrons. The highest BCUT2D eigenvalue weighted by Gasteiger charge is 2.44. The normalized spacial score (nSPS) is 16.5. The molecule has 4 amide bonds. The number of nitrogens with one attached hydrogen (secondary N) is 2. The van der Waals surface area contributed by atoms with E-state index >= 15 is 0 Å². The molecule has 0 radical (unpaired) electrons. The maximum absolute atomic E-state index is 12.2. The predicted molar refractivity (Wildman–Crippen MR) is 96.1 cm³/mol. The van der Waals surface area contributed by atoms with Gasteiger partial charge in [-0.3, -0.25) is 19.3 Å². The van der Waals surface area contributed by atoms with Crippen LogP contribution in [0.3, 0.4) is 0 Å². The van der Waals surface area contributed by atoms with E-state index in [1.807, 2.05) is 0 Å². The van der Waals surface area contributed by atoms with Crippen LogP contribution in [0.4, 0.5) is 10.5 Å². The first kappa shape index (κ1) is 20.2. The summed E-state index contributed by atoms with van der Waals surface area (Å²) >= 11 is 0. The molecule has 1 saturated heterocycles. The van der Waals surface area contributed by atoms with E-state index in [1.54, 1.807) is 38.1 Å². The van der Waals surface area contributed by atoms with Gasteiger partial charge in [-0.25, -0.2) is 4.79 Å². The van der Waals surface area contributed by atoms with Gasteiger partial charge in [0.1, 0.15) is 11.3 Å². The maximum atomic E-state index is 12.2. The first-order chi connectivity index (χ1) is 12.7. The third kappa shape index (κ3) is 4.75. The molecular weight excluding hydrogens is 354 g/mol. The number of amides is 4. The van der Waals surface area contributed by atoms with Gasteiger partial charge < -0.3 is 20.1 Å². The Labute approximate surface area is 157 Å². The lowest BCUT2D eigenvalue weighted by Crippen LogP contribution is -2.40. The van der Waals surface area contributed by atoms with Crippen molar-refractivity contribution in [2.24, 2.45) is 0 Å². The number of hydrogen-bond donors (Lipinski definition) is 2. The number of imide groups is 1. The van der Waals surface area contributed by atoms with E-state index < -0.39 is 35.5 Å². The fourth-order valence-corrected chi connectivity index (χ4v) is 2.52. The quantitative estimate of drug-likeness (QED) is 0.547. The molecule has 1 atom stereocenters. The van der Waals surface area contributed by atoms with Crippen LogP contribution in [0.1, 0.15) is 27.2 Å². The minimum atomic E-state index is -1.05. The Hall–Kier alpha value is -3.10. The van der Waals surface area contributed by atoms with Gasteiger partial charge in [0.2, 0.25) is 0 Å². The van der Waals surface area contributed by atoms with E-state index in [9.17, 15) is 19.2 Å². The first-order valence-corrected chi connectivity index (χ1v) is 8.43. The van der Waals surface area contributed by atoms with Crippen LogP contribution in [-0.2, 0) is 19.1 Å². The molecule has 1 fully saturated rings. The van der Waals surface area contributed by atoms with Crippen molar-refractivity contribution in [3.63, 3.8) is 0 Å². The molecule has 1 heterocycles. The maximum Gasteiger partial charge on any atom is 0.325 e. The number of carbonyl (C=O) groups is 4. The Morgan fingerprint density at radius 2 is 1.93 bits per heavy atom. The van der Waals surface area contributed by atoms with Gasteiger partial charge in [-0.05, 0) is 32.9 Å². The van der Waals surface area contributed by atoms with Crippen LogP contribution < -0.4 is 15.4 Å². The van der Waals surface area contributed by atoms with Crippen LogP contribution in [0.25, 0.3) is 0 Å². The third-order valence-electron chi connectivity index (χ3n) is 4.03. The van der Waals surface area contributed by atoms with Crippen molar-refractivity contribution in [2.75, 3.05) is 19.0 Å². The van der Waals surface area contributed by atoms with Crippen molar-refractivity contribution in [3.8, 4) is 5.75 Å². The van der Waals surface area contributed by atoms with Crippen molar-refractivity contribution in [1.82, 2.24) is 10.2 Å². The summed E-state index contributed by atoms with van der Waals surface area (Å²) in [5.41, 5.74) is -0.544. The highest BCUT2D eigenvalue weighted by atomic mass is 16.5. The number of rotatable bonds is 7. The lowest BCUT2D eigenvalue weighted by molar-refractivity contribution is -0.153. The summed E-state index contributed by atoms with van der Waals surface area (Å²) in [6.45, 7) is 4.47. The molecule has 1 aliphatic heterocycles. The van der Waals surface area contributed by atoms with Crippen molar-refractivity contribution in [1.29, 1.82) is 0 Å². The highest BCUT2D eigenvalue weighted by Crippen LogP contribution is 2.23. The molecule has 9 nitrogen and oxygen atoms in total. The summed E-state index contributed by atoms with van der Waals surface area (Å²) in [7, 11) is 1.48. The molecular formula is C18H23N3O6. The molecule has 0 saturated carbocycles. The molecule has 0 spiro atoms. The molecule has 1 aromatic rings. The van der Waals surface area contributed by atoms with E-state index in [2.05, 4.69) is 10.6 Å². The lowest BCUT2D eigenvalue weighted by Gasteiger charge is -2.17. The fourth-order valence-electron chi connectivity index (χ4n) is 2.52. The van der Waals surface area contributed by atoms with E-state index in [-0.39, 0.29) is 13.0 Å². The van der Waals surface area contributed by atoms with Crippen molar-refractivity contribution in [2.45, 2.75) is 38.8 Å². The average Bonchev–Trinajstić information content (AvgIpc) is 2.80. The van der Waals surface area contributed by atoms with E-state index in [0.29, 0.717) is 11.4 Å². The van der Waals surface area contributed by atoms with Crippen LogP contribution >= 0.6 is 0 Å². The standard InChI is InChI=1S/C18H23N3O6/c1-11(15(23)19-12-7-5-6-8-13(12)26-4)27-14(22)9-10-21-16(24)18(2,3)20-17(21)25/h5-8,11H,9-10H2,1-4H3,(H,19,23)(H,20,25)/t11-/m1/s1. The number of hydrogen-bond acceptors (Lipinski definition) is 6. The zero-order valence-corrected chi connectivity index (χ0v) is 15.7. The molecule has 27 heavy (non-hydrogen) atoms. The summed E-state index contributed by atoms with van der Waals surface area (Å²) in [5.74, 6) is -1.15. The number of para-hydroxylation sites is 2. The molecule has 1 aromatic carbocycles. The van der Waals surface area contributed by atoms with Crippen LogP contribution in [0.2, 0.25) is 0 Å². The van der Waals surface area contributed by atoms with Gasteiger partial charge >= 0.3 is 12.0 Å². The van der Waals surface area contributed by atoms with Crippen LogP contribution in [-0.4, -0.2) is 54.0 Å². The Kier molecular flexibility index (Phi) is 6.04. The number of ether oxygens (including phenoxy) is 2.